The van der Waals surface area contributed by atoms with Crippen LogP contribution in [0.3, 0.4) is 0 Å². The largest absolute Gasteiger partial charge is 0.396 e. The molecule has 0 heterocycles. The smallest absolute Gasteiger partial charge is 0.319 e. The van der Waals surface area contributed by atoms with Gasteiger partial charge in [0.2, 0.25) is 0 Å². The van der Waals surface area contributed by atoms with E-state index in [1.54, 1.807) is 18.2 Å². The van der Waals surface area contributed by atoms with Crippen molar-refractivity contribution < 1.29 is 9.90 Å². The van der Waals surface area contributed by atoms with Crippen LogP contribution in [0.4, 0.5) is 10.5 Å². The molecule has 1 atom stereocenters. The monoisotopic (exact) mass is 318 g/mol. The molecule has 0 aromatic heterocycles. The minimum absolute atomic E-state index is 0.0140. The van der Waals surface area contributed by atoms with Crippen LogP contribution in [0.15, 0.2) is 18.2 Å². The number of amides is 2. The summed E-state index contributed by atoms with van der Waals surface area (Å²) in [6, 6.07) is 4.33. The first-order valence-electron chi connectivity index (χ1n) is 6.37. The maximum atomic E-state index is 12.0. The van der Waals surface area contributed by atoms with E-state index in [-0.39, 0.29) is 24.1 Å². The van der Waals surface area contributed by atoms with E-state index in [2.05, 4.69) is 10.6 Å². The molecule has 0 radical (unpaired) electrons. The lowest BCUT2D eigenvalue weighted by Gasteiger charge is -2.31. The summed E-state index contributed by atoms with van der Waals surface area (Å²) >= 11 is 11.9. The second-order valence-corrected chi connectivity index (χ2v) is 6.50. The molecule has 1 aromatic carbocycles. The number of carbonyl (C=O) groups excluding carboxylic acids is 1. The number of rotatable bonds is 4. The number of carbonyl (C=O) groups is 1. The van der Waals surface area contributed by atoms with Gasteiger partial charge in [-0.2, -0.15) is 0 Å². The summed E-state index contributed by atoms with van der Waals surface area (Å²) in [6.07, 6.45) is 0.486. The van der Waals surface area contributed by atoms with E-state index in [1.165, 1.54) is 0 Å². The fraction of sp³-hybridized carbons (Fsp3) is 0.500. The predicted molar refractivity (Wildman–Crippen MR) is 83.6 cm³/mol. The molecule has 0 aliphatic carbocycles. The predicted octanol–water partition coefficient (Wildman–Crippen LogP) is 3.91. The maximum Gasteiger partial charge on any atom is 0.319 e. The molecule has 20 heavy (non-hydrogen) atoms. The van der Waals surface area contributed by atoms with E-state index in [4.69, 9.17) is 28.3 Å². The average molecular weight is 319 g/mol. The molecule has 0 aliphatic heterocycles. The van der Waals surface area contributed by atoms with Gasteiger partial charge in [0, 0.05) is 17.7 Å². The van der Waals surface area contributed by atoms with Crippen molar-refractivity contribution in [1.82, 2.24) is 5.32 Å². The van der Waals surface area contributed by atoms with Gasteiger partial charge in [-0.1, -0.05) is 44.0 Å². The van der Waals surface area contributed by atoms with Crippen LogP contribution in [0.1, 0.15) is 27.2 Å². The minimum atomic E-state index is -0.373. The third-order valence-corrected chi connectivity index (χ3v) is 3.51. The minimum Gasteiger partial charge on any atom is -0.396 e. The first kappa shape index (κ1) is 17.1. The molecule has 1 rings (SSSR count). The highest BCUT2D eigenvalue weighted by Gasteiger charge is 2.25. The van der Waals surface area contributed by atoms with Gasteiger partial charge in [0.1, 0.15) is 0 Å². The van der Waals surface area contributed by atoms with Crippen molar-refractivity contribution in [1.29, 1.82) is 0 Å². The van der Waals surface area contributed by atoms with Crippen molar-refractivity contribution in [3.63, 3.8) is 0 Å². The van der Waals surface area contributed by atoms with E-state index >= 15 is 0 Å². The van der Waals surface area contributed by atoms with E-state index in [0.717, 1.165) is 0 Å². The Morgan fingerprint density at radius 1 is 1.35 bits per heavy atom. The number of nitrogens with one attached hydrogen (secondary N) is 2. The highest BCUT2D eigenvalue weighted by Crippen LogP contribution is 2.26. The van der Waals surface area contributed by atoms with Crippen LogP contribution in [-0.4, -0.2) is 23.8 Å². The zero-order valence-electron chi connectivity index (χ0n) is 11.8. The number of benzene rings is 1. The fourth-order valence-corrected chi connectivity index (χ4v) is 2.10. The number of aliphatic hydroxyl groups excluding tert-OH is 1. The third-order valence-electron chi connectivity index (χ3n) is 2.95. The Morgan fingerprint density at radius 3 is 2.55 bits per heavy atom. The summed E-state index contributed by atoms with van der Waals surface area (Å²) in [7, 11) is 0. The molecule has 1 aromatic rings. The van der Waals surface area contributed by atoms with Crippen LogP contribution in [-0.2, 0) is 0 Å². The average Bonchev–Trinajstić information content (AvgIpc) is 2.32. The third kappa shape index (κ3) is 5.19. The molecular formula is C14H20Cl2N2O2. The van der Waals surface area contributed by atoms with Crippen LogP contribution in [0, 0.1) is 5.41 Å². The zero-order chi connectivity index (χ0) is 15.3. The van der Waals surface area contributed by atoms with Crippen LogP contribution in [0.25, 0.3) is 0 Å². The first-order valence-corrected chi connectivity index (χ1v) is 7.13. The molecule has 6 heteroatoms. The second-order valence-electron chi connectivity index (χ2n) is 5.65. The molecule has 0 spiro atoms. The Labute approximate surface area is 129 Å². The van der Waals surface area contributed by atoms with Gasteiger partial charge in [0.15, 0.2) is 0 Å². The fourth-order valence-electron chi connectivity index (χ4n) is 1.76. The van der Waals surface area contributed by atoms with Gasteiger partial charge >= 0.3 is 6.03 Å². The topological polar surface area (TPSA) is 61.4 Å². The van der Waals surface area contributed by atoms with E-state index < -0.39 is 0 Å². The van der Waals surface area contributed by atoms with Crippen LogP contribution in [0.2, 0.25) is 10.0 Å². The summed E-state index contributed by atoms with van der Waals surface area (Å²) in [5.41, 5.74) is 0.298. The van der Waals surface area contributed by atoms with Crippen molar-refractivity contribution in [3.05, 3.63) is 28.2 Å². The molecule has 0 bridgehead atoms. The lowest BCUT2D eigenvalue weighted by atomic mass is 9.85. The molecule has 2 amide bonds. The van der Waals surface area contributed by atoms with Crippen molar-refractivity contribution in [2.45, 2.75) is 33.2 Å². The molecule has 0 saturated heterocycles. The van der Waals surface area contributed by atoms with Crippen molar-refractivity contribution >= 4 is 34.9 Å². The van der Waals surface area contributed by atoms with Gasteiger partial charge in [-0.3, -0.25) is 0 Å². The van der Waals surface area contributed by atoms with Crippen LogP contribution in [0.5, 0.6) is 0 Å². The molecule has 112 valence electrons. The van der Waals surface area contributed by atoms with Gasteiger partial charge in [-0.05, 0) is 30.0 Å². The Kier molecular flexibility index (Phi) is 6.11. The number of anilines is 1. The first-order chi connectivity index (χ1) is 9.24. The zero-order valence-corrected chi connectivity index (χ0v) is 13.3. The van der Waals surface area contributed by atoms with E-state index in [0.29, 0.717) is 22.2 Å². The van der Waals surface area contributed by atoms with Crippen LogP contribution >= 0.6 is 23.2 Å². The van der Waals surface area contributed by atoms with Gasteiger partial charge < -0.3 is 15.7 Å². The number of urea groups is 1. The Morgan fingerprint density at radius 2 is 2.00 bits per heavy atom. The molecule has 1 unspecified atom stereocenters. The second kappa shape index (κ2) is 7.16. The highest BCUT2D eigenvalue weighted by molar-refractivity contribution is 6.35. The van der Waals surface area contributed by atoms with Gasteiger partial charge in [0.25, 0.3) is 0 Å². The molecule has 0 aliphatic rings. The van der Waals surface area contributed by atoms with E-state index in [1.807, 2.05) is 20.8 Å². The summed E-state index contributed by atoms with van der Waals surface area (Å²) in [5, 5.41) is 15.5. The number of halogens is 2. The molecule has 3 N–H and O–H groups in total. The summed E-state index contributed by atoms with van der Waals surface area (Å²) in [4.78, 5) is 12.0. The number of aliphatic hydroxyl groups is 1. The van der Waals surface area contributed by atoms with Gasteiger partial charge in [-0.25, -0.2) is 4.79 Å². The molecular weight excluding hydrogens is 299 g/mol. The summed E-state index contributed by atoms with van der Waals surface area (Å²) in [5.74, 6) is 0. The Hall–Kier alpha value is -0.970. The number of hydrogen-bond donors (Lipinski definition) is 3. The molecule has 0 saturated carbocycles. The standard InChI is InChI=1S/C14H20Cl2N2O2/c1-14(2,3)12(6-7-19)18-13(20)17-11-8-9(15)4-5-10(11)16/h4-5,8,12,19H,6-7H2,1-3H3,(H2,17,18,20). The Balaban J connectivity index is 2.73. The Bertz CT molecular complexity index is 473. The summed E-state index contributed by atoms with van der Waals surface area (Å²) < 4.78 is 0. The maximum absolute atomic E-state index is 12.0. The lowest BCUT2D eigenvalue weighted by molar-refractivity contribution is 0.194. The summed E-state index contributed by atoms with van der Waals surface area (Å²) in [6.45, 7) is 6.01. The SMILES string of the molecule is CC(C)(C)C(CCO)NC(=O)Nc1cc(Cl)ccc1Cl. The van der Waals surface area contributed by atoms with Crippen molar-refractivity contribution in [3.8, 4) is 0 Å². The highest BCUT2D eigenvalue weighted by atomic mass is 35.5. The van der Waals surface area contributed by atoms with Gasteiger partial charge in [0.05, 0.1) is 10.7 Å². The molecule has 0 fully saturated rings. The number of hydrogen-bond acceptors (Lipinski definition) is 2. The lowest BCUT2D eigenvalue weighted by Crippen LogP contribution is -2.46. The van der Waals surface area contributed by atoms with Gasteiger partial charge in [-0.15, -0.1) is 0 Å². The van der Waals surface area contributed by atoms with Crippen molar-refractivity contribution in [2.24, 2.45) is 5.41 Å². The van der Waals surface area contributed by atoms with Crippen LogP contribution < -0.4 is 10.6 Å². The quantitative estimate of drug-likeness (QED) is 0.788. The van der Waals surface area contributed by atoms with E-state index in [9.17, 15) is 4.79 Å². The molecule has 4 nitrogen and oxygen atoms in total. The normalized spacial score (nSPS) is 12.9. The van der Waals surface area contributed by atoms with Crippen molar-refractivity contribution in [2.75, 3.05) is 11.9 Å².